The molecule has 3 N–H and O–H groups in total. The van der Waals surface area contributed by atoms with Crippen LogP contribution in [0.2, 0.25) is 0 Å². The quantitative estimate of drug-likeness (QED) is 0.129. The van der Waals surface area contributed by atoms with Crippen LogP contribution >= 0.6 is 0 Å². The molecule has 11 heteroatoms. The highest BCUT2D eigenvalue weighted by molar-refractivity contribution is 5.92. The van der Waals surface area contributed by atoms with Crippen molar-refractivity contribution in [2.75, 3.05) is 19.8 Å². The predicted molar refractivity (Wildman–Crippen MR) is 201 cm³/mol. The third-order valence-electron chi connectivity index (χ3n) is 16.5. The number of esters is 2. The first-order valence-electron chi connectivity index (χ1n) is 21.9. The summed E-state index contributed by atoms with van der Waals surface area (Å²) in [5.41, 5.74) is -3.77. The Hall–Kier alpha value is -2.31. The molecule has 6 heterocycles. The first-order chi connectivity index (χ1) is 26.4. The molecule has 2 spiro atoms. The first kappa shape index (κ1) is 38.2. The molecule has 8 aliphatic rings. The van der Waals surface area contributed by atoms with Crippen molar-refractivity contribution in [3.63, 3.8) is 0 Å². The van der Waals surface area contributed by atoms with Crippen LogP contribution < -0.4 is 10.6 Å². The van der Waals surface area contributed by atoms with E-state index in [0.29, 0.717) is 31.2 Å². The van der Waals surface area contributed by atoms with Gasteiger partial charge in [-0.3, -0.25) is 9.59 Å². The maximum absolute atomic E-state index is 15.5. The van der Waals surface area contributed by atoms with E-state index in [1.807, 2.05) is 13.0 Å². The van der Waals surface area contributed by atoms with Crippen LogP contribution in [-0.2, 0) is 39.8 Å². The van der Waals surface area contributed by atoms with E-state index in [1.54, 1.807) is 6.26 Å². The SMILES string of the molecule is CC(C)CC[C@]1(C)O[C@H]2CC(=O)OC[C@]23[C@H]2CC[C@@]4(C)[C@H](c5ccoc5CCCCCC[C@H]5CNCN5)OC(=O)[C@H]5O[C@]54[C@]2(C2CCCCC2)[C@H](O)C(=O)[C@@H]31. The molecular weight excluding hydrogens is 700 g/mol. The molecule has 3 aliphatic carbocycles. The predicted octanol–water partition coefficient (Wildman–Crippen LogP) is 6.10. The summed E-state index contributed by atoms with van der Waals surface area (Å²) in [7, 11) is 0. The highest BCUT2D eigenvalue weighted by Gasteiger charge is 2.93. The van der Waals surface area contributed by atoms with Gasteiger partial charge in [-0.1, -0.05) is 59.3 Å². The summed E-state index contributed by atoms with van der Waals surface area (Å²) < 4.78 is 32.7. The van der Waals surface area contributed by atoms with E-state index in [0.717, 1.165) is 88.7 Å². The number of carbonyl (C=O) groups excluding carboxylic acids is 3. The number of fused-ring (bicyclic) bond motifs is 1. The second kappa shape index (κ2) is 13.9. The van der Waals surface area contributed by atoms with Crippen molar-refractivity contribution in [2.45, 2.75) is 172 Å². The van der Waals surface area contributed by atoms with Gasteiger partial charge in [0, 0.05) is 47.5 Å². The number of nitrogens with one attached hydrogen (secondary N) is 2. The minimum atomic E-state index is -1.36. The molecule has 55 heavy (non-hydrogen) atoms. The summed E-state index contributed by atoms with van der Waals surface area (Å²) in [6, 6.07) is 2.52. The van der Waals surface area contributed by atoms with E-state index in [-0.39, 0.29) is 36.6 Å². The molecule has 0 unspecified atom stereocenters. The molecule has 9 rings (SSSR count). The molecule has 0 bridgehead atoms. The van der Waals surface area contributed by atoms with Crippen LogP contribution in [0.3, 0.4) is 0 Å². The minimum Gasteiger partial charge on any atom is -0.469 e. The molecule has 8 fully saturated rings. The third-order valence-corrected chi connectivity index (χ3v) is 16.5. The average molecular weight is 765 g/mol. The molecule has 1 aromatic rings. The Bertz CT molecular complexity index is 1650. The largest absolute Gasteiger partial charge is 0.469 e. The number of aliphatic hydroxyl groups excluding tert-OH is 1. The zero-order valence-corrected chi connectivity index (χ0v) is 33.5. The summed E-state index contributed by atoms with van der Waals surface area (Å²) in [6.45, 7) is 10.6. The molecule has 0 radical (unpaired) electrons. The number of hydrogen-bond acceptors (Lipinski definition) is 11. The van der Waals surface area contributed by atoms with E-state index in [1.165, 1.54) is 12.8 Å². The molecule has 0 amide bonds. The molecule has 11 nitrogen and oxygen atoms in total. The topological polar surface area (TPSA) is 149 Å². The summed E-state index contributed by atoms with van der Waals surface area (Å²) >= 11 is 0. The van der Waals surface area contributed by atoms with E-state index >= 15 is 4.79 Å². The Morgan fingerprint density at radius 3 is 2.55 bits per heavy atom. The van der Waals surface area contributed by atoms with Gasteiger partial charge >= 0.3 is 11.9 Å². The van der Waals surface area contributed by atoms with E-state index in [2.05, 4.69) is 31.4 Å². The number of carbonyl (C=O) groups is 3. The summed E-state index contributed by atoms with van der Waals surface area (Å²) in [6.07, 6.45) is 12.3. The average Bonchev–Trinajstić information content (AvgIpc) is 3.42. The van der Waals surface area contributed by atoms with Crippen molar-refractivity contribution in [2.24, 2.45) is 39.9 Å². The number of hydrogen-bond donors (Lipinski definition) is 3. The second-order valence-corrected chi connectivity index (χ2v) is 19.7. The summed E-state index contributed by atoms with van der Waals surface area (Å²) in [5.74, 6) is -0.666. The van der Waals surface area contributed by atoms with Gasteiger partial charge < -0.3 is 39.1 Å². The fourth-order valence-corrected chi connectivity index (χ4v) is 14.2. The lowest BCUT2D eigenvalue weighted by molar-refractivity contribution is -0.275. The van der Waals surface area contributed by atoms with Gasteiger partial charge in [0.2, 0.25) is 0 Å². The molecule has 5 saturated heterocycles. The Balaban J connectivity index is 1.09. The molecule has 3 saturated carbocycles. The van der Waals surface area contributed by atoms with Crippen molar-refractivity contribution in [3.05, 3.63) is 23.7 Å². The number of Topliss-reactive ketones (excluding diaryl/α,β-unsaturated/α-hetero) is 1. The molecule has 304 valence electrons. The van der Waals surface area contributed by atoms with Crippen molar-refractivity contribution in [1.82, 2.24) is 10.6 Å². The van der Waals surface area contributed by atoms with Crippen molar-refractivity contribution < 1.29 is 42.9 Å². The van der Waals surface area contributed by atoms with Gasteiger partial charge in [0.25, 0.3) is 0 Å². The lowest BCUT2D eigenvalue weighted by Gasteiger charge is -2.70. The van der Waals surface area contributed by atoms with Crippen molar-refractivity contribution in [1.29, 1.82) is 0 Å². The molecular formula is C44H64N2O9. The normalized spacial score (nSPS) is 45.0. The minimum absolute atomic E-state index is 0.0588. The maximum atomic E-state index is 15.5. The highest BCUT2D eigenvalue weighted by atomic mass is 16.7. The number of rotatable bonds is 12. The van der Waals surface area contributed by atoms with E-state index in [9.17, 15) is 14.7 Å². The number of cyclic esters (lactones) is 2. The Kier molecular flexibility index (Phi) is 9.67. The molecule has 12 atom stereocenters. The highest BCUT2D eigenvalue weighted by Crippen LogP contribution is 2.82. The van der Waals surface area contributed by atoms with Crippen LogP contribution in [0.15, 0.2) is 16.7 Å². The van der Waals surface area contributed by atoms with Crippen LogP contribution in [-0.4, -0.2) is 78.2 Å². The Labute approximate surface area is 326 Å². The Morgan fingerprint density at radius 1 is 0.982 bits per heavy atom. The van der Waals surface area contributed by atoms with Gasteiger partial charge in [-0.2, -0.15) is 0 Å². The van der Waals surface area contributed by atoms with Crippen molar-refractivity contribution in [3.8, 4) is 0 Å². The third kappa shape index (κ3) is 5.40. The van der Waals surface area contributed by atoms with Crippen LogP contribution in [0.25, 0.3) is 0 Å². The van der Waals surface area contributed by atoms with Crippen LogP contribution in [0.4, 0.5) is 0 Å². The second-order valence-electron chi connectivity index (χ2n) is 19.7. The number of ether oxygens (including phenoxy) is 4. The van der Waals surface area contributed by atoms with Crippen LogP contribution in [0, 0.1) is 39.9 Å². The number of aryl methyl sites for hydroxylation is 1. The molecule has 1 aromatic heterocycles. The fraction of sp³-hybridized carbons (Fsp3) is 0.841. The zero-order valence-electron chi connectivity index (χ0n) is 33.5. The molecule has 5 aliphatic heterocycles. The smallest absolute Gasteiger partial charge is 0.339 e. The lowest BCUT2D eigenvalue weighted by atomic mass is 9.33. The Morgan fingerprint density at radius 2 is 1.78 bits per heavy atom. The zero-order chi connectivity index (χ0) is 38.4. The van der Waals surface area contributed by atoms with Crippen LogP contribution in [0.1, 0.15) is 141 Å². The van der Waals surface area contributed by atoms with Gasteiger partial charge in [0.15, 0.2) is 11.9 Å². The fourth-order valence-electron chi connectivity index (χ4n) is 14.2. The van der Waals surface area contributed by atoms with Gasteiger partial charge in [-0.25, -0.2) is 4.79 Å². The molecule has 0 aromatic carbocycles. The summed E-state index contributed by atoms with van der Waals surface area (Å²) in [5, 5.41) is 20.0. The van der Waals surface area contributed by atoms with Crippen LogP contribution in [0.5, 0.6) is 0 Å². The lowest BCUT2D eigenvalue weighted by Crippen LogP contribution is -2.79. The van der Waals surface area contributed by atoms with Crippen molar-refractivity contribution >= 4 is 17.7 Å². The number of ketones is 1. The van der Waals surface area contributed by atoms with Gasteiger partial charge in [-0.15, -0.1) is 0 Å². The van der Waals surface area contributed by atoms with E-state index in [4.69, 9.17) is 23.4 Å². The van der Waals surface area contributed by atoms with E-state index < -0.39 is 63.8 Å². The monoisotopic (exact) mass is 764 g/mol. The summed E-state index contributed by atoms with van der Waals surface area (Å²) in [4.78, 5) is 42.9. The number of epoxide rings is 1. The number of unbranched alkanes of at least 4 members (excludes halogenated alkanes) is 3. The first-order valence-corrected chi connectivity index (χ1v) is 21.9. The number of furan rings is 1. The van der Waals surface area contributed by atoms with Gasteiger partial charge in [-0.05, 0) is 82.1 Å². The maximum Gasteiger partial charge on any atom is 0.339 e. The standard InChI is InChI=1S/C44H64N2O9/c1-26(2)16-20-41(4)35-34(48)36(49)43(27-12-8-7-9-13-27)31(42(35)24-52-33(47)22-32(42)54-41)17-19-40(3)37(53-39(50)38-44(40,43)55-38)29-18-21-51-30(29)15-11-6-5-10-14-28-23-45-25-46-28/h18,21,26-28,31-32,35-38,45-46,49H,5-17,19-20,22-25H2,1-4H3/t28-,31+,32-,35+,36+,37-,38+,40-,41-,42-,43-,44+/m0/s1. The number of aliphatic hydroxyl groups is 1. The van der Waals surface area contributed by atoms with Gasteiger partial charge in [0.05, 0.1) is 30.3 Å². The van der Waals surface area contributed by atoms with Gasteiger partial charge in [0.1, 0.15) is 30.2 Å².